The Morgan fingerprint density at radius 3 is 2.00 bits per heavy atom. The van der Waals surface area contributed by atoms with Crippen molar-refractivity contribution in [3.8, 4) is 0 Å². The molecule has 0 heterocycles. The summed E-state index contributed by atoms with van der Waals surface area (Å²) in [5.41, 5.74) is -1.36. The Morgan fingerprint density at radius 1 is 1.12 bits per heavy atom. The number of alkyl halides is 3. The van der Waals surface area contributed by atoms with E-state index in [1.165, 1.54) is 12.1 Å². The first-order chi connectivity index (χ1) is 7.31. The number of benzene rings is 1. The number of halogens is 3. The van der Waals surface area contributed by atoms with Gasteiger partial charge in [0, 0.05) is 5.56 Å². The molecule has 0 N–H and O–H groups in total. The summed E-state index contributed by atoms with van der Waals surface area (Å²) >= 11 is 0. The van der Waals surface area contributed by atoms with Gasteiger partial charge in [-0.2, -0.15) is 0 Å². The van der Waals surface area contributed by atoms with Crippen molar-refractivity contribution in [2.45, 2.75) is 6.36 Å². The van der Waals surface area contributed by atoms with Crippen molar-refractivity contribution < 1.29 is 51.5 Å². The number of carbonyl (C=O) groups is 2. The van der Waals surface area contributed by atoms with Gasteiger partial charge >= 0.3 is 31.2 Å². The molecule has 8 heteroatoms. The van der Waals surface area contributed by atoms with Crippen LogP contribution in [0.5, 0.6) is 0 Å². The summed E-state index contributed by atoms with van der Waals surface area (Å²) in [7, 11) is 0. The maximum atomic E-state index is 11.7. The second-order valence-corrected chi connectivity index (χ2v) is 2.67. The third-order valence-corrected chi connectivity index (χ3v) is 1.58. The Kier molecular flexibility index (Phi) is 5.26. The number of aromatic carboxylic acids is 1. The third kappa shape index (κ3) is 4.51. The van der Waals surface area contributed by atoms with Crippen LogP contribution in [-0.2, 0) is 4.74 Å². The summed E-state index contributed by atoms with van der Waals surface area (Å²) in [5, 5.41) is 10.5. The van der Waals surface area contributed by atoms with E-state index >= 15 is 0 Å². The molecular formula is C9H4F3LiO4. The molecule has 17 heavy (non-hydrogen) atoms. The van der Waals surface area contributed by atoms with Gasteiger partial charge in [0.05, 0.1) is 11.5 Å². The zero-order chi connectivity index (χ0) is 12.3. The standard InChI is InChI=1S/C9H5F3O4.Li/c10-9(11,12)16-8(15)6-4-2-1-3-5(6)7(13)14;/h1-4H,(H,13,14);/q;+1/p-1. The van der Waals surface area contributed by atoms with Crippen molar-refractivity contribution in [3.63, 3.8) is 0 Å². The van der Waals surface area contributed by atoms with Crippen LogP contribution >= 0.6 is 0 Å². The van der Waals surface area contributed by atoms with Crippen molar-refractivity contribution in [1.82, 2.24) is 0 Å². The Balaban J connectivity index is 0.00000256. The molecule has 0 fully saturated rings. The number of carboxylic acids is 1. The van der Waals surface area contributed by atoms with Gasteiger partial charge in [0.2, 0.25) is 0 Å². The molecule has 0 bridgehead atoms. The molecule has 0 amide bonds. The molecule has 0 saturated heterocycles. The van der Waals surface area contributed by atoms with Crippen LogP contribution in [0, 0.1) is 0 Å². The van der Waals surface area contributed by atoms with Gasteiger partial charge in [-0.05, 0) is 6.07 Å². The van der Waals surface area contributed by atoms with Crippen LogP contribution < -0.4 is 24.0 Å². The number of hydrogen-bond donors (Lipinski definition) is 0. The third-order valence-electron chi connectivity index (χ3n) is 1.58. The largest absolute Gasteiger partial charge is 1.00 e. The summed E-state index contributed by atoms with van der Waals surface area (Å²) in [6.07, 6.45) is -5.16. The number of carbonyl (C=O) groups excluding carboxylic acids is 2. The first kappa shape index (κ1) is 15.5. The van der Waals surface area contributed by atoms with E-state index in [0.29, 0.717) is 0 Å². The van der Waals surface area contributed by atoms with Gasteiger partial charge in [0.25, 0.3) is 0 Å². The summed E-state index contributed by atoms with van der Waals surface area (Å²) < 4.78 is 38.2. The van der Waals surface area contributed by atoms with Gasteiger partial charge < -0.3 is 14.6 Å². The molecule has 0 aliphatic heterocycles. The van der Waals surface area contributed by atoms with Crippen molar-refractivity contribution in [2.24, 2.45) is 0 Å². The van der Waals surface area contributed by atoms with Gasteiger partial charge in [0.1, 0.15) is 0 Å². The quantitative estimate of drug-likeness (QED) is 0.432. The van der Waals surface area contributed by atoms with E-state index in [2.05, 4.69) is 4.74 Å². The maximum absolute atomic E-state index is 11.7. The number of rotatable bonds is 2. The molecule has 1 aromatic rings. The molecule has 0 unspecified atom stereocenters. The zero-order valence-corrected chi connectivity index (χ0v) is 8.58. The summed E-state index contributed by atoms with van der Waals surface area (Å²) in [4.78, 5) is 21.4. The Hall–Kier alpha value is -1.45. The minimum absolute atomic E-state index is 0. The number of carboxylic acid groups (broad SMARTS) is 1. The Bertz CT molecular complexity index is 430. The SMILES string of the molecule is O=C([O-])c1ccccc1C(=O)OC(F)(F)F.[Li+]. The molecule has 0 radical (unpaired) electrons. The number of hydrogen-bond acceptors (Lipinski definition) is 4. The van der Waals surface area contributed by atoms with E-state index in [1.54, 1.807) is 0 Å². The molecule has 1 aromatic carbocycles. The van der Waals surface area contributed by atoms with Crippen molar-refractivity contribution in [3.05, 3.63) is 35.4 Å². The van der Waals surface area contributed by atoms with Crippen molar-refractivity contribution >= 4 is 11.9 Å². The summed E-state index contributed by atoms with van der Waals surface area (Å²) in [5.74, 6) is -3.54. The molecule has 0 aromatic heterocycles. The molecule has 0 atom stereocenters. The topological polar surface area (TPSA) is 66.4 Å². The molecule has 0 aliphatic carbocycles. The second kappa shape index (κ2) is 5.75. The fourth-order valence-electron chi connectivity index (χ4n) is 0.999. The molecule has 0 saturated carbocycles. The van der Waals surface area contributed by atoms with Gasteiger partial charge in [-0.15, -0.1) is 13.2 Å². The molecule has 0 spiro atoms. The smallest absolute Gasteiger partial charge is 0.545 e. The van der Waals surface area contributed by atoms with Gasteiger partial charge in [-0.1, -0.05) is 18.2 Å². The predicted molar refractivity (Wildman–Crippen MR) is 42.2 cm³/mol. The number of ether oxygens (including phenoxy) is 1. The van der Waals surface area contributed by atoms with Crippen molar-refractivity contribution in [1.29, 1.82) is 0 Å². The normalized spacial score (nSPS) is 10.3. The van der Waals surface area contributed by atoms with Crippen LogP contribution in [0.4, 0.5) is 13.2 Å². The van der Waals surface area contributed by atoms with E-state index in [4.69, 9.17) is 0 Å². The van der Waals surface area contributed by atoms with E-state index in [1.807, 2.05) is 0 Å². The molecule has 4 nitrogen and oxygen atoms in total. The average Bonchev–Trinajstić information content (AvgIpc) is 2.15. The van der Waals surface area contributed by atoms with E-state index in [9.17, 15) is 27.9 Å². The van der Waals surface area contributed by atoms with Gasteiger partial charge in [-0.3, -0.25) is 0 Å². The monoisotopic (exact) mass is 240 g/mol. The minimum atomic E-state index is -5.16. The van der Waals surface area contributed by atoms with Crippen LogP contribution in [0.1, 0.15) is 20.7 Å². The fourth-order valence-corrected chi connectivity index (χ4v) is 0.999. The van der Waals surface area contributed by atoms with Crippen LogP contribution in [0.3, 0.4) is 0 Å². The number of esters is 1. The Morgan fingerprint density at radius 2 is 1.59 bits per heavy atom. The molecule has 1 rings (SSSR count). The van der Waals surface area contributed by atoms with E-state index in [-0.39, 0.29) is 18.9 Å². The van der Waals surface area contributed by atoms with Crippen LogP contribution in [0.2, 0.25) is 0 Å². The first-order valence-electron chi connectivity index (χ1n) is 3.91. The first-order valence-corrected chi connectivity index (χ1v) is 3.91. The zero-order valence-electron chi connectivity index (χ0n) is 8.58. The molecular weight excluding hydrogens is 236 g/mol. The maximum Gasteiger partial charge on any atom is 1.00 e. The van der Waals surface area contributed by atoms with Crippen LogP contribution in [-0.4, -0.2) is 18.3 Å². The van der Waals surface area contributed by atoms with Gasteiger partial charge in [0.15, 0.2) is 0 Å². The molecule has 86 valence electrons. The average molecular weight is 240 g/mol. The minimum Gasteiger partial charge on any atom is -0.545 e. The summed E-state index contributed by atoms with van der Waals surface area (Å²) in [6.45, 7) is 0. The van der Waals surface area contributed by atoms with Gasteiger partial charge in [-0.25, -0.2) is 4.79 Å². The molecule has 0 aliphatic rings. The fraction of sp³-hybridized carbons (Fsp3) is 0.111. The van der Waals surface area contributed by atoms with Crippen LogP contribution in [0.25, 0.3) is 0 Å². The predicted octanol–water partition coefficient (Wildman–Crippen LogP) is -2.27. The summed E-state index contributed by atoms with van der Waals surface area (Å²) in [6, 6.07) is 4.30. The Labute approximate surface area is 106 Å². The van der Waals surface area contributed by atoms with E-state index in [0.717, 1.165) is 12.1 Å². The second-order valence-electron chi connectivity index (χ2n) is 2.67. The van der Waals surface area contributed by atoms with Crippen molar-refractivity contribution in [2.75, 3.05) is 0 Å². The van der Waals surface area contributed by atoms with E-state index < -0.39 is 29.4 Å². The van der Waals surface area contributed by atoms with Crippen LogP contribution in [0.15, 0.2) is 24.3 Å².